The summed E-state index contributed by atoms with van der Waals surface area (Å²) in [7, 11) is 0. The van der Waals surface area contributed by atoms with Crippen molar-refractivity contribution in [2.45, 2.75) is 12.5 Å². The van der Waals surface area contributed by atoms with E-state index >= 15 is 0 Å². The average molecular weight is 377 g/mol. The number of anilines is 1. The molecule has 6 nitrogen and oxygen atoms in total. The Labute approximate surface area is 152 Å². The first kappa shape index (κ1) is 18.4. The largest absolute Gasteiger partial charge is 0.387 e. The fourth-order valence-electron chi connectivity index (χ4n) is 2.44. The second-order valence-electron chi connectivity index (χ2n) is 5.70. The minimum absolute atomic E-state index is 0.107. The third-order valence-electron chi connectivity index (χ3n) is 3.82. The highest BCUT2D eigenvalue weighted by molar-refractivity contribution is 6.39. The Morgan fingerprint density at radius 2 is 1.81 bits per heavy atom. The molecule has 0 unspecified atom stereocenters. The molecule has 0 fully saturated rings. The average Bonchev–Trinajstić information content (AvgIpc) is 3.18. The molecule has 1 aliphatic rings. The van der Waals surface area contributed by atoms with Crippen LogP contribution in [0.4, 0.5) is 18.9 Å². The van der Waals surface area contributed by atoms with Crippen molar-refractivity contribution >= 4 is 23.2 Å². The molecule has 2 aromatic carbocycles. The maximum atomic E-state index is 13.5. The van der Waals surface area contributed by atoms with Crippen molar-refractivity contribution in [1.82, 2.24) is 5.32 Å². The lowest BCUT2D eigenvalue weighted by Gasteiger charge is -2.09. The highest BCUT2D eigenvalue weighted by Crippen LogP contribution is 2.26. The highest BCUT2D eigenvalue weighted by Gasteiger charge is 2.27. The predicted molar refractivity (Wildman–Crippen MR) is 90.3 cm³/mol. The number of rotatable bonds is 5. The Morgan fingerprint density at radius 1 is 1.07 bits per heavy atom. The first-order valence-electron chi connectivity index (χ1n) is 7.95. The van der Waals surface area contributed by atoms with Gasteiger partial charge in [-0.25, -0.2) is 13.2 Å². The van der Waals surface area contributed by atoms with Crippen LogP contribution in [-0.4, -0.2) is 24.1 Å². The SMILES string of the molecule is O=C(CNC(=O)C1=NO[C@H](c2ccccc2)C1)Nc1ccc(F)c(F)c1F. The standard InChI is InChI=1S/C18H14F3N3O3/c19-11-6-7-12(17(21)16(11)20)23-15(25)9-22-18(26)13-8-14(27-24-13)10-4-2-1-3-5-10/h1-7,14H,8-9H2,(H,22,26)(H,23,25)/t14-/m0/s1. The van der Waals surface area contributed by atoms with Gasteiger partial charge in [0.05, 0.1) is 12.2 Å². The van der Waals surface area contributed by atoms with Crippen molar-refractivity contribution in [1.29, 1.82) is 0 Å². The molecule has 1 heterocycles. The van der Waals surface area contributed by atoms with Gasteiger partial charge < -0.3 is 15.5 Å². The third kappa shape index (κ3) is 4.25. The van der Waals surface area contributed by atoms with Gasteiger partial charge in [0.1, 0.15) is 5.71 Å². The quantitative estimate of drug-likeness (QED) is 0.787. The van der Waals surface area contributed by atoms with E-state index in [4.69, 9.17) is 4.84 Å². The maximum Gasteiger partial charge on any atom is 0.269 e. The molecule has 1 aliphatic heterocycles. The van der Waals surface area contributed by atoms with Gasteiger partial charge in [-0.05, 0) is 17.7 Å². The molecule has 27 heavy (non-hydrogen) atoms. The Balaban J connectivity index is 1.51. The maximum absolute atomic E-state index is 13.5. The van der Waals surface area contributed by atoms with E-state index in [1.54, 1.807) is 0 Å². The number of amides is 2. The number of oxime groups is 1. The van der Waals surface area contributed by atoms with Gasteiger partial charge in [-0.2, -0.15) is 0 Å². The summed E-state index contributed by atoms with van der Waals surface area (Å²) in [5.74, 6) is -6.01. The van der Waals surface area contributed by atoms with Gasteiger partial charge in [-0.1, -0.05) is 35.5 Å². The Bertz CT molecular complexity index is 903. The molecule has 140 valence electrons. The van der Waals surface area contributed by atoms with Crippen molar-refractivity contribution in [3.8, 4) is 0 Å². The highest BCUT2D eigenvalue weighted by atomic mass is 19.2. The summed E-state index contributed by atoms with van der Waals surface area (Å²) in [6.07, 6.45) is -0.160. The van der Waals surface area contributed by atoms with Crippen LogP contribution in [-0.2, 0) is 14.4 Å². The molecule has 1 atom stereocenters. The zero-order valence-electron chi connectivity index (χ0n) is 13.8. The number of halogens is 3. The molecule has 0 spiro atoms. The molecular formula is C18H14F3N3O3. The molecule has 0 saturated heterocycles. The smallest absolute Gasteiger partial charge is 0.269 e. The van der Waals surface area contributed by atoms with Gasteiger partial charge in [0, 0.05) is 6.42 Å². The second-order valence-corrected chi connectivity index (χ2v) is 5.70. The normalized spacial score (nSPS) is 15.7. The van der Waals surface area contributed by atoms with Gasteiger partial charge in [0.15, 0.2) is 23.6 Å². The van der Waals surface area contributed by atoms with Crippen molar-refractivity contribution < 1.29 is 27.6 Å². The van der Waals surface area contributed by atoms with E-state index in [0.29, 0.717) is 6.07 Å². The van der Waals surface area contributed by atoms with E-state index < -0.39 is 47.6 Å². The first-order chi connectivity index (χ1) is 13.0. The summed E-state index contributed by atoms with van der Waals surface area (Å²) < 4.78 is 39.5. The topological polar surface area (TPSA) is 79.8 Å². The van der Waals surface area contributed by atoms with Crippen LogP contribution in [0.3, 0.4) is 0 Å². The molecule has 0 saturated carbocycles. The summed E-state index contributed by atoms with van der Waals surface area (Å²) in [4.78, 5) is 29.1. The summed E-state index contributed by atoms with van der Waals surface area (Å²) in [6, 6.07) is 10.8. The fourth-order valence-corrected chi connectivity index (χ4v) is 2.44. The van der Waals surface area contributed by atoms with Gasteiger partial charge in [0.2, 0.25) is 5.91 Å². The van der Waals surface area contributed by atoms with E-state index in [1.807, 2.05) is 30.3 Å². The number of nitrogens with zero attached hydrogens (tertiary/aromatic N) is 1. The monoisotopic (exact) mass is 377 g/mol. The number of carbonyl (C=O) groups excluding carboxylic acids is 2. The summed E-state index contributed by atoms with van der Waals surface area (Å²) >= 11 is 0. The Hall–Kier alpha value is -3.36. The number of nitrogens with one attached hydrogen (secondary N) is 2. The van der Waals surface area contributed by atoms with E-state index in [2.05, 4.69) is 15.8 Å². The van der Waals surface area contributed by atoms with Crippen LogP contribution in [0.2, 0.25) is 0 Å². The van der Waals surface area contributed by atoms with E-state index in [9.17, 15) is 22.8 Å². The molecule has 2 N–H and O–H groups in total. The lowest BCUT2D eigenvalue weighted by Crippen LogP contribution is -2.37. The molecule has 9 heteroatoms. The van der Waals surface area contributed by atoms with E-state index in [0.717, 1.165) is 11.6 Å². The molecular weight excluding hydrogens is 363 g/mol. The molecule has 0 bridgehead atoms. The minimum atomic E-state index is -1.69. The van der Waals surface area contributed by atoms with E-state index in [1.165, 1.54) is 0 Å². The van der Waals surface area contributed by atoms with Gasteiger partial charge in [-0.15, -0.1) is 0 Å². The second kappa shape index (κ2) is 7.90. The minimum Gasteiger partial charge on any atom is -0.387 e. The number of benzene rings is 2. The fraction of sp³-hybridized carbons (Fsp3) is 0.167. The molecule has 2 aromatic rings. The van der Waals surface area contributed by atoms with Gasteiger partial charge in [-0.3, -0.25) is 9.59 Å². The molecule has 0 radical (unpaired) electrons. The lowest BCUT2D eigenvalue weighted by molar-refractivity contribution is -0.120. The van der Waals surface area contributed by atoms with Crippen LogP contribution in [0.5, 0.6) is 0 Å². The number of carbonyl (C=O) groups is 2. The Kier molecular flexibility index (Phi) is 5.39. The van der Waals surface area contributed by atoms with Crippen molar-refractivity contribution in [3.05, 3.63) is 65.5 Å². The van der Waals surface area contributed by atoms with Crippen molar-refractivity contribution in [2.24, 2.45) is 5.16 Å². The predicted octanol–water partition coefficient (Wildman–Crippen LogP) is 2.68. The van der Waals surface area contributed by atoms with Crippen LogP contribution in [0.15, 0.2) is 47.6 Å². The Morgan fingerprint density at radius 3 is 2.56 bits per heavy atom. The zero-order chi connectivity index (χ0) is 19.4. The van der Waals surface area contributed by atoms with Crippen LogP contribution in [0, 0.1) is 17.5 Å². The van der Waals surface area contributed by atoms with E-state index in [-0.39, 0.29) is 12.1 Å². The van der Waals surface area contributed by atoms with Gasteiger partial charge in [0.25, 0.3) is 5.91 Å². The van der Waals surface area contributed by atoms with Crippen LogP contribution in [0.1, 0.15) is 18.1 Å². The van der Waals surface area contributed by atoms with Crippen LogP contribution < -0.4 is 10.6 Å². The zero-order valence-corrected chi connectivity index (χ0v) is 13.8. The molecule has 3 rings (SSSR count). The third-order valence-corrected chi connectivity index (χ3v) is 3.82. The van der Waals surface area contributed by atoms with Gasteiger partial charge >= 0.3 is 0 Å². The summed E-state index contributed by atoms with van der Waals surface area (Å²) in [5, 5.41) is 8.07. The summed E-state index contributed by atoms with van der Waals surface area (Å²) in [5.41, 5.74) is 0.435. The number of hydrogen-bond acceptors (Lipinski definition) is 4. The van der Waals surface area contributed by atoms with Crippen LogP contribution in [0.25, 0.3) is 0 Å². The molecule has 0 aliphatic carbocycles. The number of hydrogen-bond donors (Lipinski definition) is 2. The molecule has 2 amide bonds. The summed E-state index contributed by atoms with van der Waals surface area (Å²) in [6.45, 7) is -0.508. The first-order valence-corrected chi connectivity index (χ1v) is 7.95. The lowest BCUT2D eigenvalue weighted by atomic mass is 10.0. The molecule has 0 aromatic heterocycles. The van der Waals surface area contributed by atoms with Crippen molar-refractivity contribution in [3.63, 3.8) is 0 Å². The van der Waals surface area contributed by atoms with Crippen LogP contribution >= 0.6 is 0 Å². The van der Waals surface area contributed by atoms with Crippen molar-refractivity contribution in [2.75, 3.05) is 11.9 Å².